The molecule has 0 atom stereocenters. The number of benzene rings is 1. The van der Waals surface area contributed by atoms with E-state index in [4.69, 9.17) is 5.11 Å². The summed E-state index contributed by atoms with van der Waals surface area (Å²) in [6, 6.07) is 11.6. The van der Waals surface area contributed by atoms with Crippen LogP contribution in [0, 0.1) is 0 Å². The number of piperazine rings is 2. The summed E-state index contributed by atoms with van der Waals surface area (Å²) in [4.78, 5) is 21.3. The Kier molecular flexibility index (Phi) is 6.81. The monoisotopic (exact) mass is 474 g/mol. The third-order valence-corrected chi connectivity index (χ3v) is 6.20. The standard InChI is InChI=1S/C21H27BrN6O2/c22-18-3-1-2-17(16-18)21(30)28-12-10-27(11-13-28)20-5-4-19(23-24-20)26-8-6-25(7-9-26)14-15-29/h1-5,16,29H,6-15H2. The van der Waals surface area contributed by atoms with E-state index in [1.54, 1.807) is 0 Å². The topological polar surface area (TPSA) is 76.0 Å². The number of rotatable bonds is 5. The second-order valence-corrected chi connectivity index (χ2v) is 8.51. The first kappa shape index (κ1) is 21.0. The molecule has 1 aromatic carbocycles. The van der Waals surface area contributed by atoms with Crippen molar-refractivity contribution < 1.29 is 9.90 Å². The van der Waals surface area contributed by atoms with Gasteiger partial charge in [-0.15, -0.1) is 10.2 Å². The first-order valence-electron chi connectivity index (χ1n) is 10.4. The Hall–Kier alpha value is -2.23. The molecule has 9 heteroatoms. The Morgan fingerprint density at radius 2 is 1.50 bits per heavy atom. The van der Waals surface area contributed by atoms with E-state index in [1.165, 1.54) is 0 Å². The minimum atomic E-state index is 0.0673. The van der Waals surface area contributed by atoms with Crippen LogP contribution in [0.3, 0.4) is 0 Å². The quantitative estimate of drug-likeness (QED) is 0.699. The van der Waals surface area contributed by atoms with E-state index in [1.807, 2.05) is 41.3 Å². The molecule has 30 heavy (non-hydrogen) atoms. The number of carbonyl (C=O) groups is 1. The molecule has 0 unspecified atom stereocenters. The van der Waals surface area contributed by atoms with E-state index in [0.717, 1.165) is 61.9 Å². The third-order valence-electron chi connectivity index (χ3n) is 5.71. The minimum absolute atomic E-state index is 0.0673. The van der Waals surface area contributed by atoms with Gasteiger partial charge in [0.25, 0.3) is 5.91 Å². The maximum Gasteiger partial charge on any atom is 0.254 e. The molecule has 2 aliphatic rings. The average molecular weight is 475 g/mol. The Bertz CT molecular complexity index is 849. The van der Waals surface area contributed by atoms with Gasteiger partial charge in [0.15, 0.2) is 11.6 Å². The summed E-state index contributed by atoms with van der Waals surface area (Å²) >= 11 is 3.43. The summed E-state index contributed by atoms with van der Waals surface area (Å²) < 4.78 is 0.914. The molecule has 0 radical (unpaired) electrons. The molecular weight excluding hydrogens is 448 g/mol. The van der Waals surface area contributed by atoms with Gasteiger partial charge in [0.05, 0.1) is 6.61 Å². The van der Waals surface area contributed by atoms with Gasteiger partial charge in [-0.2, -0.15) is 0 Å². The largest absolute Gasteiger partial charge is 0.395 e. The van der Waals surface area contributed by atoms with Gasteiger partial charge in [0.1, 0.15) is 0 Å². The Labute approximate surface area is 185 Å². The number of hydrogen-bond donors (Lipinski definition) is 1. The SMILES string of the molecule is O=C(c1cccc(Br)c1)N1CCN(c2ccc(N3CCN(CCO)CC3)nn2)CC1. The zero-order valence-electron chi connectivity index (χ0n) is 17.0. The predicted octanol–water partition coefficient (Wildman–Crippen LogP) is 1.32. The van der Waals surface area contributed by atoms with Crippen molar-refractivity contribution in [2.75, 3.05) is 75.3 Å². The highest BCUT2D eigenvalue weighted by Gasteiger charge is 2.24. The molecule has 3 heterocycles. The smallest absolute Gasteiger partial charge is 0.254 e. The average Bonchev–Trinajstić information content (AvgIpc) is 2.80. The second-order valence-electron chi connectivity index (χ2n) is 7.59. The van der Waals surface area contributed by atoms with Gasteiger partial charge in [0.2, 0.25) is 0 Å². The number of hydrogen-bond acceptors (Lipinski definition) is 7. The van der Waals surface area contributed by atoms with Crippen LogP contribution in [-0.4, -0.2) is 96.5 Å². The molecule has 1 amide bonds. The van der Waals surface area contributed by atoms with Gasteiger partial charge in [-0.3, -0.25) is 9.69 Å². The van der Waals surface area contributed by atoms with Crippen LogP contribution in [-0.2, 0) is 0 Å². The number of halogens is 1. The van der Waals surface area contributed by atoms with Gasteiger partial charge in [-0.1, -0.05) is 22.0 Å². The lowest BCUT2D eigenvalue weighted by molar-refractivity contribution is 0.0746. The molecule has 4 rings (SSSR count). The van der Waals surface area contributed by atoms with E-state index in [-0.39, 0.29) is 12.5 Å². The van der Waals surface area contributed by atoms with Gasteiger partial charge in [-0.05, 0) is 30.3 Å². The van der Waals surface area contributed by atoms with Crippen LogP contribution in [0.15, 0.2) is 40.9 Å². The predicted molar refractivity (Wildman–Crippen MR) is 120 cm³/mol. The van der Waals surface area contributed by atoms with Crippen molar-refractivity contribution in [3.63, 3.8) is 0 Å². The number of aromatic nitrogens is 2. The Morgan fingerprint density at radius 3 is 2.03 bits per heavy atom. The van der Waals surface area contributed by atoms with Crippen LogP contribution >= 0.6 is 15.9 Å². The summed E-state index contributed by atoms with van der Waals surface area (Å²) in [7, 11) is 0. The first-order valence-corrected chi connectivity index (χ1v) is 11.1. The number of aliphatic hydroxyl groups is 1. The molecule has 0 bridgehead atoms. The van der Waals surface area contributed by atoms with Crippen molar-refractivity contribution in [1.82, 2.24) is 20.0 Å². The molecule has 160 valence electrons. The number of anilines is 2. The number of carbonyl (C=O) groups excluding carboxylic acids is 1. The van der Waals surface area contributed by atoms with Crippen molar-refractivity contribution in [1.29, 1.82) is 0 Å². The van der Waals surface area contributed by atoms with E-state index in [0.29, 0.717) is 18.7 Å². The van der Waals surface area contributed by atoms with Gasteiger partial charge >= 0.3 is 0 Å². The summed E-state index contributed by atoms with van der Waals surface area (Å²) in [5.74, 6) is 1.82. The summed E-state index contributed by atoms with van der Waals surface area (Å²) in [5.41, 5.74) is 0.709. The van der Waals surface area contributed by atoms with Gasteiger partial charge < -0.3 is 19.8 Å². The molecule has 2 saturated heterocycles. The summed E-state index contributed by atoms with van der Waals surface area (Å²) in [6.45, 7) is 7.40. The van der Waals surface area contributed by atoms with Gasteiger partial charge in [-0.25, -0.2) is 0 Å². The van der Waals surface area contributed by atoms with Crippen molar-refractivity contribution >= 4 is 33.5 Å². The van der Waals surface area contributed by atoms with E-state index in [9.17, 15) is 4.79 Å². The van der Waals surface area contributed by atoms with Crippen molar-refractivity contribution in [3.05, 3.63) is 46.4 Å². The molecular formula is C21H27BrN6O2. The van der Waals surface area contributed by atoms with Gasteiger partial charge in [0, 0.05) is 68.9 Å². The Morgan fingerprint density at radius 1 is 0.900 bits per heavy atom. The summed E-state index contributed by atoms with van der Waals surface area (Å²) in [6.07, 6.45) is 0. The molecule has 1 aromatic heterocycles. The van der Waals surface area contributed by atoms with E-state index < -0.39 is 0 Å². The molecule has 2 aliphatic heterocycles. The highest BCUT2D eigenvalue weighted by Crippen LogP contribution is 2.19. The lowest BCUT2D eigenvalue weighted by Crippen LogP contribution is -2.49. The minimum Gasteiger partial charge on any atom is -0.395 e. The van der Waals surface area contributed by atoms with Crippen LogP contribution < -0.4 is 9.80 Å². The number of amides is 1. The Balaban J connectivity index is 1.30. The highest BCUT2D eigenvalue weighted by molar-refractivity contribution is 9.10. The fourth-order valence-electron chi connectivity index (χ4n) is 3.94. The molecule has 2 fully saturated rings. The molecule has 0 aliphatic carbocycles. The molecule has 8 nitrogen and oxygen atoms in total. The van der Waals surface area contributed by atoms with Crippen LogP contribution in [0.4, 0.5) is 11.6 Å². The molecule has 0 spiro atoms. The lowest BCUT2D eigenvalue weighted by atomic mass is 10.2. The van der Waals surface area contributed by atoms with E-state index >= 15 is 0 Å². The number of β-amino-alcohol motifs (C(OH)–C–C–N with tert-alkyl or cyclic N) is 1. The fourth-order valence-corrected chi connectivity index (χ4v) is 4.34. The van der Waals surface area contributed by atoms with Crippen LogP contribution in [0.2, 0.25) is 0 Å². The maximum atomic E-state index is 12.7. The normalized spacial score (nSPS) is 18.0. The van der Waals surface area contributed by atoms with Crippen molar-refractivity contribution in [2.24, 2.45) is 0 Å². The fraction of sp³-hybridized carbons (Fsp3) is 0.476. The maximum absolute atomic E-state index is 12.7. The van der Waals surface area contributed by atoms with Crippen molar-refractivity contribution in [3.8, 4) is 0 Å². The lowest BCUT2D eigenvalue weighted by Gasteiger charge is -2.36. The zero-order chi connectivity index (χ0) is 20.9. The molecule has 0 saturated carbocycles. The van der Waals surface area contributed by atoms with Crippen LogP contribution in [0.1, 0.15) is 10.4 Å². The first-order chi connectivity index (χ1) is 14.6. The highest BCUT2D eigenvalue weighted by atomic mass is 79.9. The third kappa shape index (κ3) is 4.91. The van der Waals surface area contributed by atoms with Crippen LogP contribution in [0.5, 0.6) is 0 Å². The number of aliphatic hydroxyl groups excluding tert-OH is 1. The molecule has 2 aromatic rings. The molecule has 1 N–H and O–H groups in total. The zero-order valence-corrected chi connectivity index (χ0v) is 18.5. The number of nitrogens with zero attached hydrogens (tertiary/aromatic N) is 6. The second kappa shape index (κ2) is 9.72. The van der Waals surface area contributed by atoms with Crippen LogP contribution in [0.25, 0.3) is 0 Å². The summed E-state index contributed by atoms with van der Waals surface area (Å²) in [5, 5.41) is 17.9. The van der Waals surface area contributed by atoms with E-state index in [2.05, 4.69) is 40.8 Å². The van der Waals surface area contributed by atoms with Crippen molar-refractivity contribution in [2.45, 2.75) is 0 Å².